The van der Waals surface area contributed by atoms with Crippen molar-refractivity contribution in [1.29, 1.82) is 0 Å². The molecule has 0 bridgehead atoms. The Morgan fingerprint density at radius 2 is 2.23 bits per heavy atom. The fourth-order valence-corrected chi connectivity index (χ4v) is 1.02. The van der Waals surface area contributed by atoms with Gasteiger partial charge in [-0.25, -0.2) is 4.39 Å². The fourth-order valence-electron chi connectivity index (χ4n) is 1.02. The third-order valence-corrected chi connectivity index (χ3v) is 2.01. The van der Waals surface area contributed by atoms with Crippen LogP contribution in [0, 0.1) is 5.82 Å². The van der Waals surface area contributed by atoms with Gasteiger partial charge in [0.25, 0.3) is 0 Å². The molecule has 0 saturated heterocycles. The SMILES string of the molecule is CC[C@H](C)Nc1ccc(N)cc1F. The van der Waals surface area contributed by atoms with Crippen LogP contribution in [0.5, 0.6) is 0 Å². The summed E-state index contributed by atoms with van der Waals surface area (Å²) in [5, 5.41) is 3.06. The molecule has 0 aliphatic heterocycles. The van der Waals surface area contributed by atoms with Crippen LogP contribution in [0.1, 0.15) is 20.3 Å². The summed E-state index contributed by atoms with van der Waals surface area (Å²) in [4.78, 5) is 0. The molecule has 0 aliphatic rings. The van der Waals surface area contributed by atoms with Crippen LogP contribution in [-0.4, -0.2) is 6.04 Å². The van der Waals surface area contributed by atoms with Gasteiger partial charge in [-0.1, -0.05) is 6.92 Å². The van der Waals surface area contributed by atoms with Crippen molar-refractivity contribution < 1.29 is 4.39 Å². The number of nitrogens with one attached hydrogen (secondary N) is 1. The van der Waals surface area contributed by atoms with Gasteiger partial charge in [0.05, 0.1) is 5.69 Å². The average molecular weight is 182 g/mol. The monoisotopic (exact) mass is 182 g/mol. The van der Waals surface area contributed by atoms with E-state index < -0.39 is 0 Å². The number of hydrogen-bond donors (Lipinski definition) is 2. The quantitative estimate of drug-likeness (QED) is 0.705. The minimum atomic E-state index is -0.291. The summed E-state index contributed by atoms with van der Waals surface area (Å²) in [5.74, 6) is -0.291. The number of halogens is 1. The fraction of sp³-hybridized carbons (Fsp3) is 0.400. The predicted octanol–water partition coefficient (Wildman–Crippen LogP) is 2.62. The van der Waals surface area contributed by atoms with Crippen LogP contribution in [0.15, 0.2) is 18.2 Å². The Balaban J connectivity index is 2.77. The van der Waals surface area contributed by atoms with Crippen LogP contribution >= 0.6 is 0 Å². The summed E-state index contributed by atoms with van der Waals surface area (Å²) in [6.45, 7) is 4.06. The Hall–Kier alpha value is -1.25. The van der Waals surface area contributed by atoms with Gasteiger partial charge in [-0.3, -0.25) is 0 Å². The summed E-state index contributed by atoms with van der Waals surface area (Å²) in [5.41, 5.74) is 6.39. The normalized spacial score (nSPS) is 12.5. The highest BCUT2D eigenvalue weighted by Crippen LogP contribution is 2.17. The van der Waals surface area contributed by atoms with Crippen molar-refractivity contribution in [1.82, 2.24) is 0 Å². The van der Waals surface area contributed by atoms with E-state index in [9.17, 15) is 4.39 Å². The van der Waals surface area contributed by atoms with E-state index in [-0.39, 0.29) is 11.9 Å². The lowest BCUT2D eigenvalue weighted by Gasteiger charge is -2.13. The third-order valence-electron chi connectivity index (χ3n) is 2.01. The van der Waals surface area contributed by atoms with Gasteiger partial charge in [0.15, 0.2) is 0 Å². The van der Waals surface area contributed by atoms with Crippen molar-refractivity contribution in [2.24, 2.45) is 0 Å². The lowest BCUT2D eigenvalue weighted by Crippen LogP contribution is -2.14. The zero-order valence-electron chi connectivity index (χ0n) is 7.97. The van der Waals surface area contributed by atoms with Gasteiger partial charge in [0, 0.05) is 11.7 Å². The van der Waals surface area contributed by atoms with Crippen molar-refractivity contribution >= 4 is 11.4 Å². The molecule has 0 amide bonds. The highest BCUT2D eigenvalue weighted by atomic mass is 19.1. The summed E-state index contributed by atoms with van der Waals surface area (Å²) in [6.07, 6.45) is 0.962. The highest BCUT2D eigenvalue weighted by molar-refractivity contribution is 5.52. The van der Waals surface area contributed by atoms with E-state index in [1.54, 1.807) is 12.1 Å². The number of benzene rings is 1. The van der Waals surface area contributed by atoms with Gasteiger partial charge < -0.3 is 11.1 Å². The second kappa shape index (κ2) is 4.12. The van der Waals surface area contributed by atoms with Crippen molar-refractivity contribution in [3.05, 3.63) is 24.0 Å². The molecule has 0 heterocycles. The first-order valence-electron chi connectivity index (χ1n) is 4.45. The van der Waals surface area contributed by atoms with Gasteiger partial charge in [-0.2, -0.15) is 0 Å². The number of nitrogen functional groups attached to an aromatic ring is 1. The molecule has 1 atom stereocenters. The standard InChI is InChI=1S/C10H15FN2/c1-3-7(2)13-10-5-4-8(12)6-9(10)11/h4-7,13H,3,12H2,1-2H3/t7-/m0/s1. The summed E-state index contributed by atoms with van der Waals surface area (Å²) < 4.78 is 13.2. The summed E-state index contributed by atoms with van der Waals surface area (Å²) >= 11 is 0. The molecule has 0 radical (unpaired) electrons. The number of hydrogen-bond acceptors (Lipinski definition) is 2. The Morgan fingerprint density at radius 3 is 2.77 bits per heavy atom. The molecule has 2 nitrogen and oxygen atoms in total. The lowest BCUT2D eigenvalue weighted by atomic mass is 10.2. The highest BCUT2D eigenvalue weighted by Gasteiger charge is 2.04. The van der Waals surface area contributed by atoms with E-state index in [0.29, 0.717) is 11.4 Å². The van der Waals surface area contributed by atoms with Crippen LogP contribution in [0.4, 0.5) is 15.8 Å². The Morgan fingerprint density at radius 1 is 1.54 bits per heavy atom. The molecule has 1 aromatic carbocycles. The molecule has 0 aliphatic carbocycles. The zero-order chi connectivity index (χ0) is 9.84. The van der Waals surface area contributed by atoms with E-state index in [0.717, 1.165) is 6.42 Å². The minimum Gasteiger partial charge on any atom is -0.399 e. The zero-order valence-corrected chi connectivity index (χ0v) is 7.97. The number of rotatable bonds is 3. The molecule has 1 aromatic rings. The van der Waals surface area contributed by atoms with Gasteiger partial charge in [0.1, 0.15) is 5.82 Å². The number of anilines is 2. The van der Waals surface area contributed by atoms with E-state index in [1.165, 1.54) is 6.07 Å². The largest absolute Gasteiger partial charge is 0.399 e. The third kappa shape index (κ3) is 2.61. The minimum absolute atomic E-state index is 0.276. The molecule has 3 N–H and O–H groups in total. The lowest BCUT2D eigenvalue weighted by molar-refractivity contribution is 0.625. The molecule has 3 heteroatoms. The molecule has 1 rings (SSSR count). The first-order chi connectivity index (χ1) is 6.13. The Labute approximate surface area is 77.9 Å². The summed E-state index contributed by atoms with van der Waals surface area (Å²) in [7, 11) is 0. The molecule has 0 saturated carbocycles. The molecule has 13 heavy (non-hydrogen) atoms. The average Bonchev–Trinajstić information content (AvgIpc) is 2.09. The van der Waals surface area contributed by atoms with E-state index in [4.69, 9.17) is 5.73 Å². The summed E-state index contributed by atoms with van der Waals surface area (Å²) in [6, 6.07) is 4.95. The van der Waals surface area contributed by atoms with Crippen LogP contribution in [0.2, 0.25) is 0 Å². The van der Waals surface area contributed by atoms with Crippen LogP contribution < -0.4 is 11.1 Å². The van der Waals surface area contributed by atoms with Crippen LogP contribution in [0.3, 0.4) is 0 Å². The molecule has 0 spiro atoms. The maximum atomic E-state index is 13.2. The predicted molar refractivity (Wildman–Crippen MR) is 54.2 cm³/mol. The Bertz CT molecular complexity index is 286. The van der Waals surface area contributed by atoms with Gasteiger partial charge in [-0.05, 0) is 31.5 Å². The van der Waals surface area contributed by atoms with Crippen molar-refractivity contribution in [2.75, 3.05) is 11.1 Å². The maximum absolute atomic E-state index is 13.2. The van der Waals surface area contributed by atoms with E-state index in [1.807, 2.05) is 13.8 Å². The van der Waals surface area contributed by atoms with Gasteiger partial charge >= 0.3 is 0 Å². The topological polar surface area (TPSA) is 38.0 Å². The first-order valence-corrected chi connectivity index (χ1v) is 4.45. The second-order valence-electron chi connectivity index (χ2n) is 3.19. The molecular weight excluding hydrogens is 167 g/mol. The molecule has 72 valence electrons. The molecule has 0 unspecified atom stereocenters. The smallest absolute Gasteiger partial charge is 0.148 e. The first kappa shape index (κ1) is 9.84. The second-order valence-corrected chi connectivity index (χ2v) is 3.19. The molecule has 0 fully saturated rings. The molecule has 0 aromatic heterocycles. The van der Waals surface area contributed by atoms with Gasteiger partial charge in [-0.15, -0.1) is 0 Å². The van der Waals surface area contributed by atoms with Crippen LogP contribution in [0.25, 0.3) is 0 Å². The van der Waals surface area contributed by atoms with E-state index >= 15 is 0 Å². The molecular formula is C10H15FN2. The maximum Gasteiger partial charge on any atom is 0.148 e. The van der Waals surface area contributed by atoms with Crippen LogP contribution in [-0.2, 0) is 0 Å². The Kier molecular flexibility index (Phi) is 3.12. The number of nitrogens with two attached hydrogens (primary N) is 1. The van der Waals surface area contributed by atoms with Gasteiger partial charge in [0.2, 0.25) is 0 Å². The van der Waals surface area contributed by atoms with Crippen molar-refractivity contribution in [3.8, 4) is 0 Å². The van der Waals surface area contributed by atoms with Crippen molar-refractivity contribution in [3.63, 3.8) is 0 Å². The van der Waals surface area contributed by atoms with E-state index in [2.05, 4.69) is 5.32 Å². The van der Waals surface area contributed by atoms with Crippen molar-refractivity contribution in [2.45, 2.75) is 26.3 Å².